The summed E-state index contributed by atoms with van der Waals surface area (Å²) in [4.78, 5) is 10.5. The SMILES string of the molecule is C[C@H]1CCCN(S(=O)(=O)c2ccc(Oc3cccc[n+]3[O-])c([N+](=O)[O-])c2)C1. The molecule has 1 saturated heterocycles. The molecule has 0 unspecified atom stereocenters. The second-order valence-corrected chi connectivity index (χ2v) is 8.40. The summed E-state index contributed by atoms with van der Waals surface area (Å²) in [5, 5.41) is 23.1. The Morgan fingerprint density at radius 1 is 1.30 bits per heavy atom. The second-order valence-electron chi connectivity index (χ2n) is 6.46. The zero-order valence-corrected chi connectivity index (χ0v) is 15.5. The molecule has 1 aliphatic heterocycles. The average molecular weight is 393 g/mol. The lowest BCUT2D eigenvalue weighted by Gasteiger charge is -2.29. The number of nitro groups is 1. The molecule has 144 valence electrons. The highest BCUT2D eigenvalue weighted by Gasteiger charge is 2.31. The zero-order chi connectivity index (χ0) is 19.6. The van der Waals surface area contributed by atoms with Gasteiger partial charge < -0.3 is 9.94 Å². The van der Waals surface area contributed by atoms with Crippen LogP contribution in [0.4, 0.5) is 5.69 Å². The minimum absolute atomic E-state index is 0.152. The van der Waals surface area contributed by atoms with Crippen molar-refractivity contribution >= 4 is 15.7 Å². The first-order valence-corrected chi connectivity index (χ1v) is 9.87. The van der Waals surface area contributed by atoms with E-state index in [-0.39, 0.29) is 22.4 Å². The lowest BCUT2D eigenvalue weighted by atomic mass is 10.0. The summed E-state index contributed by atoms with van der Waals surface area (Å²) in [6, 6.07) is 7.83. The summed E-state index contributed by atoms with van der Waals surface area (Å²) in [5.41, 5.74) is -0.523. The van der Waals surface area contributed by atoms with Crippen molar-refractivity contribution in [2.45, 2.75) is 24.7 Å². The van der Waals surface area contributed by atoms with Crippen LogP contribution in [0.3, 0.4) is 0 Å². The van der Waals surface area contributed by atoms with Crippen molar-refractivity contribution in [2.24, 2.45) is 5.92 Å². The Labute approximate surface area is 156 Å². The maximum absolute atomic E-state index is 12.8. The van der Waals surface area contributed by atoms with E-state index in [0.717, 1.165) is 18.9 Å². The van der Waals surface area contributed by atoms with Gasteiger partial charge in [-0.05, 0) is 37.0 Å². The van der Waals surface area contributed by atoms with E-state index in [1.165, 1.54) is 34.8 Å². The number of sulfonamides is 1. The van der Waals surface area contributed by atoms with Gasteiger partial charge in [-0.2, -0.15) is 4.31 Å². The fourth-order valence-corrected chi connectivity index (χ4v) is 4.62. The van der Waals surface area contributed by atoms with Gasteiger partial charge >= 0.3 is 11.6 Å². The Bertz CT molecular complexity index is 963. The molecule has 1 aromatic heterocycles. The minimum atomic E-state index is -3.84. The quantitative estimate of drug-likeness (QED) is 0.333. The van der Waals surface area contributed by atoms with Crippen molar-refractivity contribution in [3.8, 4) is 11.6 Å². The number of benzene rings is 1. The molecule has 1 fully saturated rings. The molecule has 1 atom stereocenters. The van der Waals surface area contributed by atoms with E-state index in [4.69, 9.17) is 4.74 Å². The maximum Gasteiger partial charge on any atom is 0.385 e. The molecule has 0 saturated carbocycles. The van der Waals surface area contributed by atoms with Gasteiger partial charge in [-0.25, -0.2) is 8.42 Å². The van der Waals surface area contributed by atoms with Crippen LogP contribution in [0, 0.1) is 21.2 Å². The smallest absolute Gasteiger partial charge is 0.385 e. The Balaban J connectivity index is 1.96. The molecule has 0 N–H and O–H groups in total. The Kier molecular flexibility index (Phi) is 5.29. The Morgan fingerprint density at radius 2 is 2.07 bits per heavy atom. The average Bonchev–Trinajstić information content (AvgIpc) is 2.63. The van der Waals surface area contributed by atoms with Crippen molar-refractivity contribution in [2.75, 3.05) is 13.1 Å². The van der Waals surface area contributed by atoms with Gasteiger partial charge in [0.05, 0.1) is 15.9 Å². The van der Waals surface area contributed by atoms with E-state index in [9.17, 15) is 23.7 Å². The number of hydrogen-bond acceptors (Lipinski definition) is 6. The molecule has 2 aromatic rings. The topological polar surface area (TPSA) is 117 Å². The van der Waals surface area contributed by atoms with Gasteiger partial charge in [0.25, 0.3) is 0 Å². The number of nitro benzene ring substituents is 1. The molecule has 9 nitrogen and oxygen atoms in total. The van der Waals surface area contributed by atoms with Crippen molar-refractivity contribution in [3.63, 3.8) is 0 Å². The predicted molar refractivity (Wildman–Crippen MR) is 95.7 cm³/mol. The van der Waals surface area contributed by atoms with Crippen LogP contribution in [0.15, 0.2) is 47.5 Å². The Hall–Kier alpha value is -2.72. The number of pyridine rings is 1. The van der Waals surface area contributed by atoms with Crippen LogP contribution in [0.25, 0.3) is 0 Å². The highest BCUT2D eigenvalue weighted by atomic mass is 32.2. The predicted octanol–water partition coefficient (Wildman–Crippen LogP) is 2.44. The third-order valence-electron chi connectivity index (χ3n) is 4.39. The van der Waals surface area contributed by atoms with Crippen LogP contribution in [0.2, 0.25) is 0 Å². The highest BCUT2D eigenvalue weighted by molar-refractivity contribution is 7.89. The molecule has 1 aliphatic rings. The van der Waals surface area contributed by atoms with E-state index in [0.29, 0.717) is 17.8 Å². The van der Waals surface area contributed by atoms with Crippen molar-refractivity contribution in [1.29, 1.82) is 0 Å². The van der Waals surface area contributed by atoms with Crippen LogP contribution in [0.5, 0.6) is 11.6 Å². The van der Waals surface area contributed by atoms with Gasteiger partial charge in [0, 0.05) is 25.2 Å². The minimum Gasteiger partial charge on any atom is -0.616 e. The summed E-state index contributed by atoms with van der Waals surface area (Å²) in [5.74, 6) is -0.125. The summed E-state index contributed by atoms with van der Waals surface area (Å²) >= 11 is 0. The number of hydrogen-bond donors (Lipinski definition) is 0. The summed E-state index contributed by atoms with van der Waals surface area (Å²) in [7, 11) is -3.84. The molecule has 2 heterocycles. The zero-order valence-electron chi connectivity index (χ0n) is 14.6. The molecule has 0 radical (unpaired) electrons. The molecule has 0 amide bonds. The number of rotatable bonds is 5. The van der Waals surface area contributed by atoms with Gasteiger partial charge in [-0.15, -0.1) is 4.73 Å². The summed E-state index contributed by atoms with van der Waals surface area (Å²) in [6.07, 6.45) is 2.89. The molecular weight excluding hydrogens is 374 g/mol. The van der Waals surface area contributed by atoms with Crippen LogP contribution in [-0.2, 0) is 10.0 Å². The van der Waals surface area contributed by atoms with Crippen LogP contribution < -0.4 is 9.47 Å². The first-order chi connectivity index (χ1) is 12.8. The third kappa shape index (κ3) is 4.01. The van der Waals surface area contributed by atoms with Crippen LogP contribution >= 0.6 is 0 Å². The van der Waals surface area contributed by atoms with E-state index in [1.807, 2.05) is 6.92 Å². The fourth-order valence-electron chi connectivity index (χ4n) is 3.00. The standard InChI is InChI=1S/C17H19N3O6S/c1-13-5-4-9-18(12-13)27(24,25)14-7-8-16(15(11-14)20(22)23)26-17-6-2-3-10-19(17)21/h2-3,6-8,10-11,13H,4-5,9,12H2,1H3/t13-/m0/s1. The molecule has 0 spiro atoms. The summed E-state index contributed by atoms with van der Waals surface area (Å²) in [6.45, 7) is 2.74. The van der Waals surface area contributed by atoms with Crippen molar-refractivity contribution in [1.82, 2.24) is 4.31 Å². The number of aromatic nitrogens is 1. The van der Waals surface area contributed by atoms with Crippen LogP contribution in [-0.4, -0.2) is 30.7 Å². The molecule has 10 heteroatoms. The van der Waals surface area contributed by atoms with E-state index in [1.54, 1.807) is 6.07 Å². The largest absolute Gasteiger partial charge is 0.616 e. The highest BCUT2D eigenvalue weighted by Crippen LogP contribution is 2.34. The van der Waals surface area contributed by atoms with Gasteiger partial charge in [0.15, 0.2) is 6.20 Å². The lowest BCUT2D eigenvalue weighted by Crippen LogP contribution is -2.39. The Morgan fingerprint density at radius 3 is 2.74 bits per heavy atom. The molecule has 0 aliphatic carbocycles. The molecule has 27 heavy (non-hydrogen) atoms. The first kappa shape index (κ1) is 19.1. The lowest BCUT2D eigenvalue weighted by molar-refractivity contribution is -0.611. The van der Waals surface area contributed by atoms with Gasteiger partial charge in [-0.3, -0.25) is 10.1 Å². The number of nitrogens with zero attached hydrogens (tertiary/aromatic N) is 3. The van der Waals surface area contributed by atoms with Gasteiger partial charge in [0.2, 0.25) is 15.8 Å². The maximum atomic E-state index is 12.8. The van der Waals surface area contributed by atoms with E-state index in [2.05, 4.69) is 0 Å². The number of ether oxygens (including phenoxy) is 1. The van der Waals surface area contributed by atoms with E-state index >= 15 is 0 Å². The van der Waals surface area contributed by atoms with Gasteiger partial charge in [-0.1, -0.05) is 6.92 Å². The monoisotopic (exact) mass is 393 g/mol. The number of piperidine rings is 1. The summed E-state index contributed by atoms with van der Waals surface area (Å²) < 4.78 is 32.8. The molecule has 0 bridgehead atoms. The second kappa shape index (κ2) is 7.49. The van der Waals surface area contributed by atoms with Gasteiger partial charge in [0.1, 0.15) is 0 Å². The molecule has 3 rings (SSSR count). The molecular formula is C17H19N3O6S. The van der Waals surface area contributed by atoms with Crippen molar-refractivity contribution < 1.29 is 22.8 Å². The fraction of sp³-hybridized carbons (Fsp3) is 0.353. The molecule has 1 aromatic carbocycles. The van der Waals surface area contributed by atoms with Crippen molar-refractivity contribution in [3.05, 3.63) is 57.9 Å². The van der Waals surface area contributed by atoms with Crippen LogP contribution in [0.1, 0.15) is 19.8 Å². The van der Waals surface area contributed by atoms with E-state index < -0.39 is 20.6 Å². The third-order valence-corrected chi connectivity index (χ3v) is 6.25. The first-order valence-electron chi connectivity index (χ1n) is 8.43. The normalized spacial score (nSPS) is 18.2.